The highest BCUT2D eigenvalue weighted by Gasteiger charge is 2.60. The molecule has 0 spiro atoms. The molecule has 192 valence electrons. The van der Waals surface area contributed by atoms with Crippen LogP contribution in [-0.4, -0.2) is 42.3 Å². The van der Waals surface area contributed by atoms with Gasteiger partial charge in [-0.05, 0) is 119 Å². The second-order valence-corrected chi connectivity index (χ2v) is 12.8. The second kappa shape index (κ2) is 9.72. The first-order valence-corrected chi connectivity index (χ1v) is 14.1. The van der Waals surface area contributed by atoms with E-state index < -0.39 is 6.16 Å². The SMILES string of the molecule is C/C(=N\OC(=O)OCC1CCCCN1)[C@H]1CC[C@H]2[C@@H]3CC[C@H]4C[C@H](O)CC[C@]4(C)[C@H]3CC[C@]12C. The smallest absolute Gasteiger partial charge is 0.431 e. The van der Waals surface area contributed by atoms with Crippen molar-refractivity contribution in [1.82, 2.24) is 5.32 Å². The first-order chi connectivity index (χ1) is 16.3. The number of nitrogens with zero attached hydrogens (tertiary/aromatic N) is 1. The molecule has 0 aromatic heterocycles. The van der Waals surface area contributed by atoms with Gasteiger partial charge in [0.2, 0.25) is 0 Å². The minimum absolute atomic E-state index is 0.0798. The number of carbonyl (C=O) groups excluding carboxylic acids is 1. The van der Waals surface area contributed by atoms with E-state index in [1.54, 1.807) is 0 Å². The van der Waals surface area contributed by atoms with Gasteiger partial charge in [-0.25, -0.2) is 4.79 Å². The Labute approximate surface area is 205 Å². The summed E-state index contributed by atoms with van der Waals surface area (Å²) in [7, 11) is 0. The average molecular weight is 475 g/mol. The summed E-state index contributed by atoms with van der Waals surface area (Å²) in [5, 5.41) is 17.9. The number of aliphatic hydroxyl groups excluding tert-OH is 1. The monoisotopic (exact) mass is 474 g/mol. The zero-order valence-corrected chi connectivity index (χ0v) is 21.6. The van der Waals surface area contributed by atoms with Gasteiger partial charge in [0.25, 0.3) is 0 Å². The van der Waals surface area contributed by atoms with Gasteiger partial charge in [-0.1, -0.05) is 25.4 Å². The van der Waals surface area contributed by atoms with Crippen LogP contribution in [0, 0.1) is 40.4 Å². The summed E-state index contributed by atoms with van der Waals surface area (Å²) in [6.45, 7) is 8.42. The summed E-state index contributed by atoms with van der Waals surface area (Å²) in [5.41, 5.74) is 1.60. The van der Waals surface area contributed by atoms with Crippen LogP contribution >= 0.6 is 0 Å². The van der Waals surface area contributed by atoms with E-state index in [0.29, 0.717) is 23.9 Å². The van der Waals surface area contributed by atoms with Crippen molar-refractivity contribution < 1.29 is 19.5 Å². The van der Waals surface area contributed by atoms with Crippen molar-refractivity contribution in [2.75, 3.05) is 13.2 Å². The molecular formula is C28H46N2O4. The van der Waals surface area contributed by atoms with Gasteiger partial charge in [-0.3, -0.25) is 4.84 Å². The summed E-state index contributed by atoms with van der Waals surface area (Å²) in [5.74, 6) is 3.40. The van der Waals surface area contributed by atoms with E-state index in [4.69, 9.17) is 9.57 Å². The van der Waals surface area contributed by atoms with Crippen molar-refractivity contribution in [3.05, 3.63) is 0 Å². The Morgan fingerprint density at radius 2 is 1.79 bits per heavy atom. The molecule has 0 aromatic rings. The van der Waals surface area contributed by atoms with E-state index >= 15 is 0 Å². The number of hydrogen-bond acceptors (Lipinski definition) is 6. The van der Waals surface area contributed by atoms with Gasteiger partial charge in [0.15, 0.2) is 0 Å². The van der Waals surface area contributed by atoms with E-state index in [2.05, 4.69) is 24.3 Å². The summed E-state index contributed by atoms with van der Waals surface area (Å²) in [6.07, 6.45) is 13.4. The molecule has 5 fully saturated rings. The maximum absolute atomic E-state index is 12.2. The Morgan fingerprint density at radius 1 is 1.00 bits per heavy atom. The van der Waals surface area contributed by atoms with Crippen molar-refractivity contribution in [3.63, 3.8) is 0 Å². The summed E-state index contributed by atoms with van der Waals surface area (Å²) >= 11 is 0. The van der Waals surface area contributed by atoms with Crippen LogP contribution in [0.3, 0.4) is 0 Å². The fourth-order valence-corrected chi connectivity index (χ4v) is 9.36. The molecule has 6 nitrogen and oxygen atoms in total. The molecule has 1 heterocycles. The fourth-order valence-electron chi connectivity index (χ4n) is 9.36. The third kappa shape index (κ3) is 4.42. The van der Waals surface area contributed by atoms with Gasteiger partial charge >= 0.3 is 6.16 Å². The van der Waals surface area contributed by atoms with Crippen molar-refractivity contribution >= 4 is 11.9 Å². The van der Waals surface area contributed by atoms with Crippen LogP contribution in [0.4, 0.5) is 4.79 Å². The number of rotatable bonds is 4. The topological polar surface area (TPSA) is 80.2 Å². The molecule has 0 bridgehead atoms. The normalized spacial score (nSPS) is 46.7. The highest BCUT2D eigenvalue weighted by Crippen LogP contribution is 2.67. The van der Waals surface area contributed by atoms with Crippen LogP contribution in [0.15, 0.2) is 5.16 Å². The lowest BCUT2D eigenvalue weighted by Gasteiger charge is -2.61. The number of hydrogen-bond donors (Lipinski definition) is 2. The highest BCUT2D eigenvalue weighted by atomic mass is 16.8. The number of piperidine rings is 1. The third-order valence-electron chi connectivity index (χ3n) is 11.2. The van der Waals surface area contributed by atoms with Gasteiger partial charge in [0, 0.05) is 12.0 Å². The molecule has 0 amide bonds. The molecule has 9 atom stereocenters. The Hall–Kier alpha value is -1.14. The molecule has 4 saturated carbocycles. The number of oxime groups is 1. The molecule has 4 aliphatic carbocycles. The van der Waals surface area contributed by atoms with Gasteiger partial charge in [0.05, 0.1) is 11.8 Å². The van der Waals surface area contributed by atoms with E-state index in [0.717, 1.165) is 55.7 Å². The molecular weight excluding hydrogens is 428 g/mol. The minimum atomic E-state index is -0.680. The van der Waals surface area contributed by atoms with Crippen molar-refractivity contribution in [3.8, 4) is 0 Å². The third-order valence-corrected chi connectivity index (χ3v) is 11.2. The minimum Gasteiger partial charge on any atom is -0.431 e. The highest BCUT2D eigenvalue weighted by molar-refractivity contribution is 5.85. The maximum atomic E-state index is 12.2. The largest absolute Gasteiger partial charge is 0.535 e. The first kappa shape index (κ1) is 24.5. The predicted molar refractivity (Wildman–Crippen MR) is 132 cm³/mol. The number of nitrogens with one attached hydrogen (secondary N) is 1. The average Bonchev–Trinajstić information content (AvgIpc) is 3.19. The fraction of sp³-hybridized carbons (Fsp3) is 0.929. The summed E-state index contributed by atoms with van der Waals surface area (Å²) in [4.78, 5) is 17.4. The molecule has 0 radical (unpaired) electrons. The maximum Gasteiger partial charge on any atom is 0.535 e. The van der Waals surface area contributed by atoms with Crippen LogP contribution in [-0.2, 0) is 9.57 Å². The van der Waals surface area contributed by atoms with E-state index in [9.17, 15) is 9.90 Å². The molecule has 5 aliphatic rings. The quantitative estimate of drug-likeness (QED) is 0.237. The van der Waals surface area contributed by atoms with Gasteiger partial charge in [-0.15, -0.1) is 0 Å². The lowest BCUT2D eigenvalue weighted by Crippen LogP contribution is -2.54. The molecule has 5 rings (SSSR count). The Kier molecular flexibility index (Phi) is 7.02. The summed E-state index contributed by atoms with van der Waals surface area (Å²) in [6, 6.07) is 0.237. The predicted octanol–water partition coefficient (Wildman–Crippen LogP) is 5.68. The second-order valence-electron chi connectivity index (χ2n) is 12.8. The lowest BCUT2D eigenvalue weighted by molar-refractivity contribution is -0.123. The summed E-state index contributed by atoms with van der Waals surface area (Å²) < 4.78 is 5.32. The van der Waals surface area contributed by atoms with Gasteiger partial charge in [0.1, 0.15) is 6.61 Å². The Bertz CT molecular complexity index is 780. The van der Waals surface area contributed by atoms with Gasteiger partial charge in [-0.2, -0.15) is 0 Å². The molecule has 2 N–H and O–H groups in total. The van der Waals surface area contributed by atoms with E-state index in [1.165, 1.54) is 51.4 Å². The molecule has 6 heteroatoms. The van der Waals surface area contributed by atoms with Crippen LogP contribution in [0.5, 0.6) is 0 Å². The van der Waals surface area contributed by atoms with Crippen LogP contribution < -0.4 is 5.32 Å². The Balaban J connectivity index is 1.20. The zero-order chi connectivity index (χ0) is 23.9. The number of ether oxygens (including phenoxy) is 1. The van der Waals surface area contributed by atoms with Crippen LogP contribution in [0.1, 0.15) is 97.8 Å². The number of aliphatic hydroxyl groups is 1. The molecule has 1 unspecified atom stereocenters. The molecule has 1 aliphatic heterocycles. The number of carbonyl (C=O) groups is 1. The number of fused-ring (bicyclic) bond motifs is 5. The van der Waals surface area contributed by atoms with Crippen LogP contribution in [0.25, 0.3) is 0 Å². The van der Waals surface area contributed by atoms with Crippen molar-refractivity contribution in [2.45, 2.75) is 110 Å². The molecule has 0 aromatic carbocycles. The van der Waals surface area contributed by atoms with Crippen LogP contribution in [0.2, 0.25) is 0 Å². The lowest BCUT2D eigenvalue weighted by atomic mass is 9.44. The molecule has 34 heavy (non-hydrogen) atoms. The van der Waals surface area contributed by atoms with E-state index in [1.807, 2.05) is 6.92 Å². The zero-order valence-electron chi connectivity index (χ0n) is 21.6. The van der Waals surface area contributed by atoms with Crippen molar-refractivity contribution in [2.24, 2.45) is 45.6 Å². The Morgan fingerprint density at radius 3 is 2.59 bits per heavy atom. The van der Waals surface area contributed by atoms with Gasteiger partial charge < -0.3 is 15.2 Å². The first-order valence-electron chi connectivity index (χ1n) is 14.1. The van der Waals surface area contributed by atoms with Crippen molar-refractivity contribution in [1.29, 1.82) is 0 Å². The standard InChI is InChI=1S/C28H46N2O4/c1-18(30-34-26(32)33-17-20-6-4-5-15-29-20)23-9-10-24-22-8-7-19-16-21(31)11-13-27(19,2)25(22)12-14-28(23,24)3/h19-25,29,31H,4-17H2,1-3H3/b30-18+/t19-,20?,21+,22-,23+,24-,25-,27-,28+/m0/s1. The van der Waals surface area contributed by atoms with E-state index in [-0.39, 0.29) is 17.6 Å². The molecule has 1 saturated heterocycles.